The number of aryl methyl sites for hydroxylation is 3. The van der Waals surface area contributed by atoms with E-state index in [1.807, 2.05) is 38.1 Å². The van der Waals surface area contributed by atoms with Crippen LogP contribution in [-0.4, -0.2) is 27.3 Å². The number of aromatic nitrogens is 2. The van der Waals surface area contributed by atoms with Gasteiger partial charge in [-0.1, -0.05) is 41.4 Å². The molecule has 1 aromatic carbocycles. The number of aliphatic hydroxyl groups is 1. The van der Waals surface area contributed by atoms with Crippen LogP contribution in [0.1, 0.15) is 28.5 Å². The molecule has 5 nitrogen and oxygen atoms in total. The number of benzene rings is 1. The Balaban J connectivity index is 1.91. The molecule has 0 aliphatic heterocycles. The molecule has 0 saturated carbocycles. The van der Waals surface area contributed by atoms with E-state index < -0.39 is 6.10 Å². The second kappa shape index (κ2) is 6.94. The molecule has 1 atom stereocenters. The molecule has 0 spiro atoms. The van der Waals surface area contributed by atoms with Gasteiger partial charge in [0.1, 0.15) is 5.15 Å². The van der Waals surface area contributed by atoms with Crippen LogP contribution in [0.15, 0.2) is 24.3 Å². The molecule has 1 unspecified atom stereocenters. The van der Waals surface area contributed by atoms with Crippen molar-refractivity contribution in [1.29, 1.82) is 0 Å². The van der Waals surface area contributed by atoms with Crippen molar-refractivity contribution in [2.45, 2.75) is 26.4 Å². The quantitative estimate of drug-likeness (QED) is 0.886. The Morgan fingerprint density at radius 2 is 2.00 bits per heavy atom. The number of aliphatic hydroxyl groups excluding tert-OH is 1. The van der Waals surface area contributed by atoms with E-state index in [2.05, 4.69) is 10.4 Å². The van der Waals surface area contributed by atoms with E-state index in [4.69, 9.17) is 11.6 Å². The standard InChI is InChI=1S/C16H20ClN3O2/c1-10-4-6-12(7-5-10)14(21)9-18-15(22)8-13-11(2)19-20(3)16(13)17/h4-7,14,21H,8-9H2,1-3H3,(H,18,22). The molecule has 0 saturated heterocycles. The van der Waals surface area contributed by atoms with Gasteiger partial charge in [0.05, 0.1) is 18.2 Å². The van der Waals surface area contributed by atoms with Gasteiger partial charge in [-0.2, -0.15) is 5.10 Å². The Bertz CT molecular complexity index is 665. The van der Waals surface area contributed by atoms with Gasteiger partial charge >= 0.3 is 0 Å². The van der Waals surface area contributed by atoms with Crippen LogP contribution in [0.4, 0.5) is 0 Å². The van der Waals surface area contributed by atoms with Gasteiger partial charge < -0.3 is 10.4 Å². The van der Waals surface area contributed by atoms with Gasteiger partial charge in [-0.25, -0.2) is 0 Å². The molecule has 0 aliphatic carbocycles. The summed E-state index contributed by atoms with van der Waals surface area (Å²) in [6.45, 7) is 3.96. The van der Waals surface area contributed by atoms with Crippen LogP contribution in [0.25, 0.3) is 0 Å². The monoisotopic (exact) mass is 321 g/mol. The van der Waals surface area contributed by atoms with Crippen molar-refractivity contribution >= 4 is 17.5 Å². The molecule has 1 heterocycles. The van der Waals surface area contributed by atoms with Crippen molar-refractivity contribution in [2.24, 2.45) is 7.05 Å². The summed E-state index contributed by atoms with van der Waals surface area (Å²) >= 11 is 6.10. The van der Waals surface area contributed by atoms with E-state index in [0.717, 1.165) is 16.8 Å². The Morgan fingerprint density at radius 3 is 2.55 bits per heavy atom. The van der Waals surface area contributed by atoms with Gasteiger partial charge in [0.25, 0.3) is 0 Å². The van der Waals surface area contributed by atoms with E-state index in [0.29, 0.717) is 10.7 Å². The molecule has 0 aliphatic rings. The van der Waals surface area contributed by atoms with Gasteiger partial charge in [0, 0.05) is 19.2 Å². The van der Waals surface area contributed by atoms with Crippen LogP contribution < -0.4 is 5.32 Å². The van der Waals surface area contributed by atoms with Crippen LogP contribution in [0.2, 0.25) is 5.15 Å². The smallest absolute Gasteiger partial charge is 0.224 e. The third-order valence-corrected chi connectivity index (χ3v) is 4.03. The van der Waals surface area contributed by atoms with Crippen molar-refractivity contribution in [3.05, 3.63) is 51.8 Å². The first-order valence-electron chi connectivity index (χ1n) is 7.07. The van der Waals surface area contributed by atoms with Crippen LogP contribution in [0.3, 0.4) is 0 Å². The van der Waals surface area contributed by atoms with E-state index in [1.165, 1.54) is 0 Å². The zero-order valence-electron chi connectivity index (χ0n) is 12.9. The van der Waals surface area contributed by atoms with Gasteiger partial charge in [-0.3, -0.25) is 9.48 Å². The molecule has 0 radical (unpaired) electrons. The largest absolute Gasteiger partial charge is 0.387 e. The number of amides is 1. The molecule has 0 fully saturated rings. The minimum absolute atomic E-state index is 0.152. The summed E-state index contributed by atoms with van der Waals surface area (Å²) in [4.78, 5) is 12.0. The summed E-state index contributed by atoms with van der Waals surface area (Å²) in [5, 5.41) is 17.4. The number of nitrogens with one attached hydrogen (secondary N) is 1. The second-order valence-corrected chi connectivity index (χ2v) is 5.74. The van der Waals surface area contributed by atoms with E-state index >= 15 is 0 Å². The highest BCUT2D eigenvalue weighted by atomic mass is 35.5. The van der Waals surface area contributed by atoms with Crippen molar-refractivity contribution < 1.29 is 9.90 Å². The van der Waals surface area contributed by atoms with Crippen LogP contribution in [0, 0.1) is 13.8 Å². The Hall–Kier alpha value is -1.85. The minimum Gasteiger partial charge on any atom is -0.387 e. The molecule has 2 N–H and O–H groups in total. The fourth-order valence-corrected chi connectivity index (χ4v) is 2.46. The number of rotatable bonds is 5. The number of carbonyl (C=O) groups is 1. The molecular weight excluding hydrogens is 302 g/mol. The normalized spacial score (nSPS) is 12.2. The first-order valence-corrected chi connectivity index (χ1v) is 7.45. The second-order valence-electron chi connectivity index (χ2n) is 5.39. The Morgan fingerprint density at radius 1 is 1.36 bits per heavy atom. The predicted octanol–water partition coefficient (Wildman–Crippen LogP) is 2.08. The number of carbonyl (C=O) groups excluding carboxylic acids is 1. The number of hydrogen-bond donors (Lipinski definition) is 2. The zero-order valence-corrected chi connectivity index (χ0v) is 13.7. The fourth-order valence-electron chi connectivity index (χ4n) is 2.21. The summed E-state index contributed by atoms with van der Waals surface area (Å²) in [6.07, 6.45) is -0.575. The molecule has 1 amide bonds. The van der Waals surface area contributed by atoms with E-state index in [-0.39, 0.29) is 18.9 Å². The maximum Gasteiger partial charge on any atom is 0.224 e. The Kier molecular flexibility index (Phi) is 5.21. The van der Waals surface area contributed by atoms with Crippen molar-refractivity contribution in [1.82, 2.24) is 15.1 Å². The van der Waals surface area contributed by atoms with Crippen molar-refractivity contribution in [3.63, 3.8) is 0 Å². The van der Waals surface area contributed by atoms with Gasteiger partial charge in [0.2, 0.25) is 5.91 Å². The molecule has 6 heteroatoms. The molecular formula is C16H20ClN3O2. The highest BCUT2D eigenvalue weighted by molar-refractivity contribution is 6.30. The van der Waals surface area contributed by atoms with Crippen LogP contribution in [0.5, 0.6) is 0 Å². The highest BCUT2D eigenvalue weighted by Crippen LogP contribution is 2.19. The third kappa shape index (κ3) is 3.87. The molecule has 22 heavy (non-hydrogen) atoms. The third-order valence-electron chi connectivity index (χ3n) is 3.56. The lowest BCUT2D eigenvalue weighted by molar-refractivity contribution is -0.120. The predicted molar refractivity (Wildman–Crippen MR) is 85.8 cm³/mol. The zero-order chi connectivity index (χ0) is 16.3. The fraction of sp³-hybridized carbons (Fsp3) is 0.375. The van der Waals surface area contributed by atoms with Gasteiger partial charge in [-0.05, 0) is 19.4 Å². The Labute approximate surface area is 134 Å². The lowest BCUT2D eigenvalue weighted by Crippen LogP contribution is -2.29. The minimum atomic E-state index is -0.727. The topological polar surface area (TPSA) is 67.2 Å². The lowest BCUT2D eigenvalue weighted by atomic mass is 10.1. The molecule has 1 aromatic heterocycles. The SMILES string of the molecule is Cc1ccc(C(O)CNC(=O)Cc2c(C)nn(C)c2Cl)cc1. The van der Waals surface area contributed by atoms with Crippen LogP contribution in [-0.2, 0) is 18.3 Å². The summed E-state index contributed by atoms with van der Waals surface area (Å²) in [5.74, 6) is -0.191. The molecule has 2 rings (SSSR count). The van der Waals surface area contributed by atoms with Crippen LogP contribution >= 0.6 is 11.6 Å². The molecule has 0 bridgehead atoms. The number of hydrogen-bond acceptors (Lipinski definition) is 3. The van der Waals surface area contributed by atoms with Gasteiger partial charge in [0.15, 0.2) is 0 Å². The first-order chi connectivity index (χ1) is 10.4. The van der Waals surface area contributed by atoms with E-state index in [1.54, 1.807) is 11.7 Å². The summed E-state index contributed by atoms with van der Waals surface area (Å²) in [5.41, 5.74) is 3.36. The van der Waals surface area contributed by atoms with Crippen molar-refractivity contribution in [3.8, 4) is 0 Å². The van der Waals surface area contributed by atoms with Crippen molar-refractivity contribution in [2.75, 3.05) is 6.54 Å². The number of halogens is 1. The van der Waals surface area contributed by atoms with Gasteiger partial charge in [-0.15, -0.1) is 0 Å². The average Bonchev–Trinajstić information content (AvgIpc) is 2.72. The average molecular weight is 322 g/mol. The number of nitrogens with zero attached hydrogens (tertiary/aromatic N) is 2. The summed E-state index contributed by atoms with van der Waals surface area (Å²) in [6, 6.07) is 7.57. The van der Waals surface area contributed by atoms with E-state index in [9.17, 15) is 9.90 Å². The summed E-state index contributed by atoms with van der Waals surface area (Å²) < 4.78 is 1.54. The molecule has 118 valence electrons. The maximum atomic E-state index is 12.0. The lowest BCUT2D eigenvalue weighted by Gasteiger charge is -2.12. The summed E-state index contributed by atoms with van der Waals surface area (Å²) in [7, 11) is 1.73. The highest BCUT2D eigenvalue weighted by Gasteiger charge is 2.16. The first kappa shape index (κ1) is 16.5. The molecule has 2 aromatic rings. The maximum absolute atomic E-state index is 12.0.